The van der Waals surface area contributed by atoms with Gasteiger partial charge in [-0.3, -0.25) is 9.79 Å². The summed E-state index contributed by atoms with van der Waals surface area (Å²) in [5.41, 5.74) is 4.55. The molecule has 0 radical (unpaired) electrons. The Morgan fingerprint density at radius 1 is 1.03 bits per heavy atom. The van der Waals surface area contributed by atoms with Gasteiger partial charge in [-0.25, -0.2) is 0 Å². The fraction of sp³-hybridized carbons (Fsp3) is 0.120. The molecule has 0 N–H and O–H groups in total. The number of hydrogen-bond donors (Lipinski definition) is 0. The van der Waals surface area contributed by atoms with E-state index in [2.05, 4.69) is 56.1 Å². The quantitative estimate of drug-likeness (QED) is 0.418. The number of ketones is 1. The Labute approximate surface area is 187 Å². The second-order valence-electron chi connectivity index (χ2n) is 7.05. The minimum absolute atomic E-state index is 0.0125. The molecule has 4 rings (SSSR count). The second-order valence-corrected chi connectivity index (χ2v) is 8.88. The zero-order chi connectivity index (χ0) is 20.4. The number of carbonyl (C=O) groups excluding carboxylic acids is 1. The van der Waals surface area contributed by atoms with Gasteiger partial charge in [-0.15, -0.1) is 0 Å². The van der Waals surface area contributed by atoms with E-state index in [4.69, 9.17) is 4.99 Å². The first-order chi connectivity index (χ1) is 14.0. The van der Waals surface area contributed by atoms with Crippen molar-refractivity contribution in [3.05, 3.63) is 105 Å². The highest BCUT2D eigenvalue weighted by Crippen LogP contribution is 2.40. The van der Waals surface area contributed by atoms with Gasteiger partial charge in [-0.2, -0.15) is 0 Å². The zero-order valence-electron chi connectivity index (χ0n) is 15.8. The molecule has 0 saturated heterocycles. The van der Waals surface area contributed by atoms with Crippen molar-refractivity contribution in [1.29, 1.82) is 0 Å². The van der Waals surface area contributed by atoms with Gasteiger partial charge in [0.1, 0.15) is 0 Å². The molecule has 144 valence electrons. The summed E-state index contributed by atoms with van der Waals surface area (Å²) in [5.74, 6) is 0.00560. The highest BCUT2D eigenvalue weighted by molar-refractivity contribution is 9.12. The predicted molar refractivity (Wildman–Crippen MR) is 128 cm³/mol. The standard InChI is InChI=1S/C25H19Br2NO/c1-16-24(23(29)14-9-17-7-10-19(26)11-8-17)25(18-5-3-2-4-6-18)21-15-20(27)12-13-22(21)28-16/h2-15,21-22H,1H3. The van der Waals surface area contributed by atoms with Gasteiger partial charge >= 0.3 is 0 Å². The van der Waals surface area contributed by atoms with Crippen LogP contribution in [0.15, 0.2) is 98.4 Å². The van der Waals surface area contributed by atoms with Crippen LogP contribution >= 0.6 is 31.9 Å². The number of carbonyl (C=O) groups is 1. The van der Waals surface area contributed by atoms with Crippen LogP contribution in [0.2, 0.25) is 0 Å². The van der Waals surface area contributed by atoms with E-state index < -0.39 is 0 Å². The number of dihydropyridines is 1. The number of benzene rings is 2. The summed E-state index contributed by atoms with van der Waals surface area (Å²) in [6.07, 6.45) is 9.78. The second kappa shape index (κ2) is 8.60. The predicted octanol–water partition coefficient (Wildman–Crippen LogP) is 6.79. The first kappa shape index (κ1) is 20.0. The lowest BCUT2D eigenvalue weighted by molar-refractivity contribution is -0.110. The Hall–Kier alpha value is -2.30. The molecule has 0 aromatic heterocycles. The Bertz CT molecular complexity index is 1090. The normalized spacial score (nSPS) is 21.1. The minimum Gasteiger partial charge on any atom is -0.289 e. The lowest BCUT2D eigenvalue weighted by Crippen LogP contribution is -2.29. The van der Waals surface area contributed by atoms with Crippen molar-refractivity contribution < 1.29 is 4.79 Å². The van der Waals surface area contributed by atoms with E-state index in [1.165, 1.54) is 0 Å². The third kappa shape index (κ3) is 4.34. The topological polar surface area (TPSA) is 29.4 Å². The van der Waals surface area contributed by atoms with Crippen molar-refractivity contribution in [3.63, 3.8) is 0 Å². The molecule has 0 saturated carbocycles. The average molecular weight is 509 g/mol. The van der Waals surface area contributed by atoms with Crippen LogP contribution in [0.4, 0.5) is 0 Å². The molecule has 1 aliphatic carbocycles. The van der Waals surface area contributed by atoms with Crippen LogP contribution in [0.25, 0.3) is 11.6 Å². The highest BCUT2D eigenvalue weighted by Gasteiger charge is 2.33. The highest BCUT2D eigenvalue weighted by atomic mass is 79.9. The summed E-state index contributed by atoms with van der Waals surface area (Å²) in [7, 11) is 0. The maximum absolute atomic E-state index is 13.3. The summed E-state index contributed by atoms with van der Waals surface area (Å²) in [6, 6.07) is 18.0. The Balaban J connectivity index is 1.80. The number of rotatable bonds is 4. The molecule has 0 bridgehead atoms. The summed E-state index contributed by atoms with van der Waals surface area (Å²) < 4.78 is 2.03. The van der Waals surface area contributed by atoms with E-state index in [9.17, 15) is 4.79 Å². The number of halogens is 2. The maximum atomic E-state index is 13.3. The lowest BCUT2D eigenvalue weighted by Gasteiger charge is -2.31. The van der Waals surface area contributed by atoms with Gasteiger partial charge in [-0.05, 0) is 41.8 Å². The van der Waals surface area contributed by atoms with Crippen LogP contribution in [-0.2, 0) is 4.79 Å². The third-order valence-corrected chi connectivity index (χ3v) is 6.15. The van der Waals surface area contributed by atoms with E-state index >= 15 is 0 Å². The van der Waals surface area contributed by atoms with Crippen molar-refractivity contribution in [2.75, 3.05) is 0 Å². The number of hydrogen-bond acceptors (Lipinski definition) is 2. The zero-order valence-corrected chi connectivity index (χ0v) is 19.0. The monoisotopic (exact) mass is 507 g/mol. The molecule has 1 heterocycles. The Kier molecular flexibility index (Phi) is 5.93. The van der Waals surface area contributed by atoms with Gasteiger partial charge in [0, 0.05) is 26.2 Å². The number of aliphatic imine (C=N–C) groups is 1. The molecule has 2 aromatic carbocycles. The van der Waals surface area contributed by atoms with Crippen LogP contribution < -0.4 is 0 Å². The number of allylic oxidation sites excluding steroid dienone is 4. The SMILES string of the molecule is CC1=NC2C=CC(Br)=CC2C(c2ccccc2)=C1C(=O)C=Cc1ccc(Br)cc1. The van der Waals surface area contributed by atoms with Gasteiger partial charge in [-0.1, -0.05) is 98.6 Å². The molecule has 0 amide bonds. The fourth-order valence-electron chi connectivity index (χ4n) is 3.76. The van der Waals surface area contributed by atoms with E-state index in [0.29, 0.717) is 5.57 Å². The average Bonchev–Trinajstić information content (AvgIpc) is 2.73. The van der Waals surface area contributed by atoms with Crippen LogP contribution in [0.5, 0.6) is 0 Å². The van der Waals surface area contributed by atoms with Crippen LogP contribution in [0.1, 0.15) is 18.1 Å². The molecule has 2 atom stereocenters. The minimum atomic E-state index is -0.0226. The number of nitrogens with zero attached hydrogens (tertiary/aromatic N) is 1. The van der Waals surface area contributed by atoms with Gasteiger partial charge < -0.3 is 0 Å². The molecule has 2 nitrogen and oxygen atoms in total. The van der Waals surface area contributed by atoms with E-state index in [1.54, 1.807) is 6.08 Å². The van der Waals surface area contributed by atoms with E-state index in [0.717, 1.165) is 31.4 Å². The molecule has 2 aliphatic rings. The first-order valence-corrected chi connectivity index (χ1v) is 11.0. The first-order valence-electron chi connectivity index (χ1n) is 9.41. The molecular formula is C25H19Br2NO. The molecule has 2 aromatic rings. The largest absolute Gasteiger partial charge is 0.289 e. The maximum Gasteiger partial charge on any atom is 0.187 e. The Morgan fingerprint density at radius 3 is 2.48 bits per heavy atom. The van der Waals surface area contributed by atoms with Crippen molar-refractivity contribution in [1.82, 2.24) is 0 Å². The van der Waals surface area contributed by atoms with E-state index in [1.807, 2.05) is 61.5 Å². The summed E-state index contributed by atoms with van der Waals surface area (Å²) in [4.78, 5) is 18.1. The van der Waals surface area contributed by atoms with Gasteiger partial charge in [0.25, 0.3) is 0 Å². The van der Waals surface area contributed by atoms with Gasteiger partial charge in [0.05, 0.1) is 6.04 Å². The van der Waals surface area contributed by atoms with Crippen LogP contribution in [0.3, 0.4) is 0 Å². The summed E-state index contributed by atoms with van der Waals surface area (Å²) >= 11 is 7.03. The van der Waals surface area contributed by atoms with Gasteiger partial charge in [0.15, 0.2) is 5.78 Å². The van der Waals surface area contributed by atoms with Crippen LogP contribution in [-0.4, -0.2) is 17.5 Å². The smallest absolute Gasteiger partial charge is 0.187 e. The van der Waals surface area contributed by atoms with Crippen molar-refractivity contribution in [2.45, 2.75) is 13.0 Å². The third-order valence-electron chi connectivity index (χ3n) is 5.09. The summed E-state index contributed by atoms with van der Waals surface area (Å²) in [6.45, 7) is 1.93. The molecule has 1 aliphatic heterocycles. The van der Waals surface area contributed by atoms with Gasteiger partial charge in [0.2, 0.25) is 0 Å². The fourth-order valence-corrected chi connectivity index (χ4v) is 4.46. The van der Waals surface area contributed by atoms with Crippen LogP contribution in [0, 0.1) is 5.92 Å². The number of fused-ring (bicyclic) bond motifs is 1. The summed E-state index contributed by atoms with van der Waals surface area (Å²) in [5, 5.41) is 0. The molecule has 0 fully saturated rings. The Morgan fingerprint density at radius 2 is 1.76 bits per heavy atom. The molecule has 0 spiro atoms. The van der Waals surface area contributed by atoms with Crippen molar-refractivity contribution in [3.8, 4) is 0 Å². The van der Waals surface area contributed by atoms with Crippen molar-refractivity contribution in [2.24, 2.45) is 10.9 Å². The van der Waals surface area contributed by atoms with E-state index in [-0.39, 0.29) is 17.7 Å². The lowest BCUT2D eigenvalue weighted by atomic mass is 9.77. The molecular weight excluding hydrogens is 490 g/mol. The molecule has 2 unspecified atom stereocenters. The van der Waals surface area contributed by atoms with Crippen molar-refractivity contribution >= 4 is 55.0 Å². The molecule has 4 heteroatoms. The molecule has 29 heavy (non-hydrogen) atoms.